The Bertz CT molecular complexity index is 464. The predicted octanol–water partition coefficient (Wildman–Crippen LogP) is 1.46. The molecule has 0 aliphatic heterocycles. The van der Waals surface area contributed by atoms with E-state index in [9.17, 15) is 14.7 Å². The summed E-state index contributed by atoms with van der Waals surface area (Å²) in [4.78, 5) is 24.8. The highest BCUT2D eigenvalue weighted by Gasteiger charge is 2.15. The van der Waals surface area contributed by atoms with Crippen LogP contribution in [0.2, 0.25) is 0 Å². The van der Waals surface area contributed by atoms with E-state index in [1.54, 1.807) is 32.1 Å². The van der Waals surface area contributed by atoms with E-state index >= 15 is 0 Å². The number of amides is 1. The summed E-state index contributed by atoms with van der Waals surface area (Å²) in [5, 5.41) is 9.44. The first-order valence-electron chi connectivity index (χ1n) is 6.87. The molecule has 1 unspecified atom stereocenters. The van der Waals surface area contributed by atoms with E-state index in [1.807, 2.05) is 0 Å². The van der Waals surface area contributed by atoms with Gasteiger partial charge in [-0.1, -0.05) is 0 Å². The van der Waals surface area contributed by atoms with Crippen molar-refractivity contribution in [2.45, 2.75) is 26.4 Å². The van der Waals surface area contributed by atoms with Crippen LogP contribution in [0.15, 0.2) is 28.9 Å². The molecular formula is C15H21NO5. The number of aliphatic hydroxyl groups excluding tert-OH is 1. The van der Waals surface area contributed by atoms with Crippen molar-refractivity contribution in [3.05, 3.63) is 30.2 Å². The summed E-state index contributed by atoms with van der Waals surface area (Å²) in [7, 11) is 0. The summed E-state index contributed by atoms with van der Waals surface area (Å²) in [5.41, 5.74) is 0. The molecule has 1 atom stereocenters. The maximum Gasteiger partial charge on any atom is 0.307 e. The van der Waals surface area contributed by atoms with Crippen molar-refractivity contribution in [1.29, 1.82) is 0 Å². The van der Waals surface area contributed by atoms with Gasteiger partial charge in [-0.15, -0.1) is 0 Å². The number of carbonyl (C=O) groups is 2. The zero-order valence-corrected chi connectivity index (χ0v) is 12.3. The van der Waals surface area contributed by atoms with Gasteiger partial charge in [-0.25, -0.2) is 0 Å². The molecule has 21 heavy (non-hydrogen) atoms. The Kier molecular flexibility index (Phi) is 7.25. The fourth-order valence-electron chi connectivity index (χ4n) is 1.71. The molecule has 0 aliphatic carbocycles. The van der Waals surface area contributed by atoms with Crippen molar-refractivity contribution in [3.63, 3.8) is 0 Å². The van der Waals surface area contributed by atoms with Crippen molar-refractivity contribution in [2.24, 2.45) is 0 Å². The van der Waals surface area contributed by atoms with E-state index in [0.29, 0.717) is 12.4 Å². The molecule has 116 valence electrons. The van der Waals surface area contributed by atoms with Crippen LogP contribution in [0.3, 0.4) is 0 Å². The second kappa shape index (κ2) is 8.97. The van der Waals surface area contributed by atoms with Gasteiger partial charge in [0.1, 0.15) is 5.76 Å². The minimum absolute atomic E-state index is 0.0981. The van der Waals surface area contributed by atoms with Crippen molar-refractivity contribution in [3.8, 4) is 0 Å². The molecule has 6 heteroatoms. The minimum Gasteiger partial charge on any atom is -0.466 e. The van der Waals surface area contributed by atoms with Crippen LogP contribution < -0.4 is 0 Å². The molecule has 0 radical (unpaired) electrons. The number of aliphatic hydroxyl groups is 1. The minimum atomic E-state index is -0.673. The normalized spacial score (nSPS) is 12.3. The Labute approximate surface area is 124 Å². The summed E-state index contributed by atoms with van der Waals surface area (Å²) in [6.07, 6.45) is 3.83. The van der Waals surface area contributed by atoms with Gasteiger partial charge in [-0.2, -0.15) is 0 Å². The topological polar surface area (TPSA) is 80.0 Å². The molecule has 0 saturated heterocycles. The van der Waals surface area contributed by atoms with Crippen molar-refractivity contribution < 1.29 is 23.8 Å². The van der Waals surface area contributed by atoms with Crippen molar-refractivity contribution >= 4 is 18.0 Å². The van der Waals surface area contributed by atoms with Crippen LogP contribution >= 0.6 is 0 Å². The third-order valence-corrected chi connectivity index (χ3v) is 2.62. The predicted molar refractivity (Wildman–Crippen MR) is 77.3 cm³/mol. The van der Waals surface area contributed by atoms with E-state index < -0.39 is 6.10 Å². The SMILES string of the molecule is CCOC(=O)CCN(CC(C)O)C(=O)/C=C/c1ccco1. The molecule has 1 rings (SSSR count). The highest BCUT2D eigenvalue weighted by atomic mass is 16.5. The van der Waals surface area contributed by atoms with Crippen LogP contribution in [0.25, 0.3) is 6.08 Å². The molecule has 0 saturated carbocycles. The first-order valence-corrected chi connectivity index (χ1v) is 6.87. The van der Waals surface area contributed by atoms with E-state index in [1.165, 1.54) is 17.2 Å². The van der Waals surface area contributed by atoms with Gasteiger partial charge in [0, 0.05) is 19.2 Å². The van der Waals surface area contributed by atoms with Gasteiger partial charge in [-0.3, -0.25) is 9.59 Å². The molecule has 0 bridgehead atoms. The Hall–Kier alpha value is -2.08. The van der Waals surface area contributed by atoms with E-state index in [-0.39, 0.29) is 31.4 Å². The molecule has 0 aliphatic rings. The summed E-state index contributed by atoms with van der Waals surface area (Å²) in [5.74, 6) is -0.0988. The standard InChI is InChI=1S/C15H21NO5/c1-3-20-15(19)8-9-16(11-12(2)17)14(18)7-6-13-5-4-10-21-13/h4-7,10,12,17H,3,8-9,11H2,1-2H3/b7-6+. The first kappa shape index (κ1) is 17.0. The van der Waals surface area contributed by atoms with Crippen LogP contribution in [-0.4, -0.2) is 47.7 Å². The molecule has 1 aromatic rings. The Morgan fingerprint density at radius 3 is 2.86 bits per heavy atom. The zero-order valence-electron chi connectivity index (χ0n) is 12.3. The van der Waals surface area contributed by atoms with Gasteiger partial charge >= 0.3 is 5.97 Å². The average Bonchev–Trinajstić information content (AvgIpc) is 2.94. The zero-order chi connectivity index (χ0) is 15.7. The summed E-state index contributed by atoms with van der Waals surface area (Å²) < 4.78 is 9.92. The molecular weight excluding hydrogens is 274 g/mol. The van der Waals surface area contributed by atoms with E-state index in [2.05, 4.69) is 0 Å². The second-order valence-corrected chi connectivity index (χ2v) is 4.54. The number of furan rings is 1. The third-order valence-electron chi connectivity index (χ3n) is 2.62. The highest BCUT2D eigenvalue weighted by molar-refractivity contribution is 5.91. The van der Waals surface area contributed by atoms with Crippen molar-refractivity contribution in [1.82, 2.24) is 4.90 Å². The lowest BCUT2D eigenvalue weighted by molar-refractivity contribution is -0.144. The maximum atomic E-state index is 12.1. The number of nitrogens with zero attached hydrogens (tertiary/aromatic N) is 1. The second-order valence-electron chi connectivity index (χ2n) is 4.54. The van der Waals surface area contributed by atoms with E-state index in [0.717, 1.165) is 0 Å². The smallest absolute Gasteiger partial charge is 0.307 e. The van der Waals surface area contributed by atoms with Crippen LogP contribution in [-0.2, 0) is 14.3 Å². The van der Waals surface area contributed by atoms with Gasteiger partial charge < -0.3 is 19.2 Å². The molecule has 6 nitrogen and oxygen atoms in total. The summed E-state index contributed by atoms with van der Waals surface area (Å²) >= 11 is 0. The molecule has 1 aromatic heterocycles. The van der Waals surface area contributed by atoms with Gasteiger partial charge in [0.2, 0.25) is 5.91 Å². The lowest BCUT2D eigenvalue weighted by Gasteiger charge is -2.22. The highest BCUT2D eigenvalue weighted by Crippen LogP contribution is 2.04. The van der Waals surface area contributed by atoms with Crippen LogP contribution in [0.5, 0.6) is 0 Å². The molecule has 1 N–H and O–H groups in total. The van der Waals surface area contributed by atoms with Crippen LogP contribution in [0.4, 0.5) is 0 Å². The number of hydrogen-bond donors (Lipinski definition) is 1. The number of rotatable bonds is 8. The Morgan fingerprint density at radius 2 is 2.29 bits per heavy atom. The average molecular weight is 295 g/mol. The molecule has 0 fully saturated rings. The van der Waals surface area contributed by atoms with Gasteiger partial charge in [0.15, 0.2) is 0 Å². The van der Waals surface area contributed by atoms with Gasteiger partial charge in [-0.05, 0) is 32.1 Å². The number of hydrogen-bond acceptors (Lipinski definition) is 5. The molecule has 1 amide bonds. The maximum absolute atomic E-state index is 12.1. The number of esters is 1. The molecule has 0 aromatic carbocycles. The molecule has 1 heterocycles. The Balaban J connectivity index is 2.58. The third kappa shape index (κ3) is 6.76. The fraction of sp³-hybridized carbons (Fsp3) is 0.467. The molecule has 0 spiro atoms. The summed E-state index contributed by atoms with van der Waals surface area (Å²) in [6.45, 7) is 3.97. The van der Waals surface area contributed by atoms with E-state index in [4.69, 9.17) is 9.15 Å². The monoisotopic (exact) mass is 295 g/mol. The van der Waals surface area contributed by atoms with Crippen LogP contribution in [0, 0.1) is 0 Å². The summed E-state index contributed by atoms with van der Waals surface area (Å²) in [6, 6.07) is 3.44. The van der Waals surface area contributed by atoms with Gasteiger partial charge in [0.25, 0.3) is 0 Å². The number of carbonyl (C=O) groups excluding carboxylic acids is 2. The number of ether oxygens (including phenoxy) is 1. The van der Waals surface area contributed by atoms with Crippen molar-refractivity contribution in [2.75, 3.05) is 19.7 Å². The lowest BCUT2D eigenvalue weighted by Crippen LogP contribution is -2.37. The van der Waals surface area contributed by atoms with Gasteiger partial charge in [0.05, 0.1) is 25.4 Å². The fourth-order valence-corrected chi connectivity index (χ4v) is 1.71. The largest absolute Gasteiger partial charge is 0.466 e. The lowest BCUT2D eigenvalue weighted by atomic mass is 10.3. The van der Waals surface area contributed by atoms with Crippen LogP contribution in [0.1, 0.15) is 26.0 Å². The quantitative estimate of drug-likeness (QED) is 0.580. The first-order chi connectivity index (χ1) is 10.0. The Morgan fingerprint density at radius 1 is 1.52 bits per heavy atom.